The third-order valence-electron chi connectivity index (χ3n) is 5.64. The Balaban J connectivity index is 0.00000385. The maximum Gasteiger partial charge on any atom is 0.203 e. The molecule has 0 atom stereocenters. The summed E-state index contributed by atoms with van der Waals surface area (Å²) >= 11 is 0. The summed E-state index contributed by atoms with van der Waals surface area (Å²) in [5.41, 5.74) is 3.95. The molecule has 3 rings (SSSR count). The molecule has 0 fully saturated rings. The second kappa shape index (κ2) is 14.1. The summed E-state index contributed by atoms with van der Waals surface area (Å²) in [6.07, 6.45) is 2.21. The van der Waals surface area contributed by atoms with Crippen LogP contribution in [0.25, 0.3) is 0 Å². The molecule has 33 heavy (non-hydrogen) atoms. The molecule has 2 aromatic carbocycles. The number of hydrogen-bond acceptors (Lipinski definition) is 5. The molecule has 7 nitrogen and oxygen atoms in total. The highest BCUT2D eigenvalue weighted by Crippen LogP contribution is 2.38. The van der Waals surface area contributed by atoms with E-state index in [1.54, 1.807) is 21.3 Å². The van der Waals surface area contributed by atoms with Gasteiger partial charge in [-0.1, -0.05) is 24.3 Å². The fourth-order valence-corrected chi connectivity index (χ4v) is 3.99. The SMILES string of the molecule is CCNC(=NCc1cc(OC)c(OC)c(OC)c1)NCCCN1CCc2ccccc2C1.I. The molecule has 0 unspecified atom stereocenters. The summed E-state index contributed by atoms with van der Waals surface area (Å²) in [5.74, 6) is 2.68. The van der Waals surface area contributed by atoms with E-state index in [0.29, 0.717) is 23.8 Å². The average molecular weight is 569 g/mol. The normalized spacial score (nSPS) is 13.5. The van der Waals surface area contributed by atoms with Crippen molar-refractivity contribution in [3.8, 4) is 17.2 Å². The average Bonchev–Trinajstić information content (AvgIpc) is 2.84. The van der Waals surface area contributed by atoms with Crippen molar-refractivity contribution in [2.24, 2.45) is 4.99 Å². The van der Waals surface area contributed by atoms with E-state index in [0.717, 1.165) is 57.1 Å². The number of ether oxygens (including phenoxy) is 3. The molecule has 1 aliphatic heterocycles. The molecular weight excluding hydrogens is 531 g/mol. The number of rotatable bonds is 10. The Morgan fingerprint density at radius 2 is 1.70 bits per heavy atom. The van der Waals surface area contributed by atoms with Gasteiger partial charge in [-0.2, -0.15) is 0 Å². The predicted molar refractivity (Wildman–Crippen MR) is 144 cm³/mol. The van der Waals surface area contributed by atoms with Gasteiger partial charge in [0.25, 0.3) is 0 Å². The minimum atomic E-state index is 0. The molecule has 0 aromatic heterocycles. The summed E-state index contributed by atoms with van der Waals surface area (Å²) in [6, 6.07) is 12.6. The molecule has 0 spiro atoms. The van der Waals surface area contributed by atoms with Crippen LogP contribution in [0.15, 0.2) is 41.4 Å². The third kappa shape index (κ3) is 7.67. The van der Waals surface area contributed by atoms with Gasteiger partial charge in [-0.15, -0.1) is 24.0 Å². The van der Waals surface area contributed by atoms with Crippen LogP contribution >= 0.6 is 24.0 Å². The molecule has 2 aromatic rings. The summed E-state index contributed by atoms with van der Waals surface area (Å²) in [4.78, 5) is 7.26. The van der Waals surface area contributed by atoms with Crippen LogP contribution in [0.3, 0.4) is 0 Å². The van der Waals surface area contributed by atoms with Crippen LogP contribution < -0.4 is 24.8 Å². The molecule has 0 saturated carbocycles. The molecule has 0 saturated heterocycles. The van der Waals surface area contributed by atoms with E-state index in [1.165, 1.54) is 11.1 Å². The Bertz CT molecular complexity index is 882. The van der Waals surface area contributed by atoms with Gasteiger partial charge >= 0.3 is 0 Å². The van der Waals surface area contributed by atoms with E-state index < -0.39 is 0 Å². The Morgan fingerprint density at radius 3 is 2.33 bits per heavy atom. The summed E-state index contributed by atoms with van der Waals surface area (Å²) < 4.78 is 16.3. The zero-order chi connectivity index (χ0) is 22.8. The fourth-order valence-electron chi connectivity index (χ4n) is 3.99. The van der Waals surface area contributed by atoms with Gasteiger partial charge in [0.15, 0.2) is 17.5 Å². The highest BCUT2D eigenvalue weighted by molar-refractivity contribution is 14.0. The molecule has 0 aliphatic carbocycles. The van der Waals surface area contributed by atoms with Crippen molar-refractivity contribution in [1.29, 1.82) is 0 Å². The first-order valence-corrected chi connectivity index (χ1v) is 11.3. The maximum atomic E-state index is 5.44. The first kappa shape index (κ1) is 27.0. The molecule has 2 N–H and O–H groups in total. The summed E-state index contributed by atoms with van der Waals surface area (Å²) in [6.45, 7) is 7.52. The van der Waals surface area contributed by atoms with Crippen molar-refractivity contribution in [3.63, 3.8) is 0 Å². The van der Waals surface area contributed by atoms with Gasteiger partial charge in [-0.25, -0.2) is 4.99 Å². The van der Waals surface area contributed by atoms with Crippen molar-refractivity contribution in [2.75, 3.05) is 47.5 Å². The van der Waals surface area contributed by atoms with Crippen LogP contribution in [0.2, 0.25) is 0 Å². The fraction of sp³-hybridized carbons (Fsp3) is 0.480. The second-order valence-electron chi connectivity index (χ2n) is 7.80. The van der Waals surface area contributed by atoms with Gasteiger partial charge in [0.2, 0.25) is 5.75 Å². The zero-order valence-electron chi connectivity index (χ0n) is 20.1. The number of fused-ring (bicyclic) bond motifs is 1. The van der Waals surface area contributed by atoms with Gasteiger partial charge in [-0.05, 0) is 48.6 Å². The van der Waals surface area contributed by atoms with Crippen LogP contribution in [0.4, 0.5) is 0 Å². The lowest BCUT2D eigenvalue weighted by atomic mass is 10.00. The van der Waals surface area contributed by atoms with E-state index in [9.17, 15) is 0 Å². The minimum absolute atomic E-state index is 0. The molecule has 182 valence electrons. The van der Waals surface area contributed by atoms with Crippen LogP contribution in [-0.2, 0) is 19.5 Å². The van der Waals surface area contributed by atoms with Crippen LogP contribution in [0.5, 0.6) is 17.2 Å². The van der Waals surface area contributed by atoms with Gasteiger partial charge in [0, 0.05) is 32.7 Å². The molecule has 1 heterocycles. The lowest BCUT2D eigenvalue weighted by Crippen LogP contribution is -2.39. The Kier molecular flexibility index (Phi) is 11.6. The molecule has 0 bridgehead atoms. The summed E-state index contributed by atoms with van der Waals surface area (Å²) in [7, 11) is 4.85. The van der Waals surface area contributed by atoms with Crippen molar-refractivity contribution >= 4 is 29.9 Å². The third-order valence-corrected chi connectivity index (χ3v) is 5.64. The van der Waals surface area contributed by atoms with Crippen molar-refractivity contribution < 1.29 is 14.2 Å². The van der Waals surface area contributed by atoms with Crippen LogP contribution in [0.1, 0.15) is 30.0 Å². The maximum absolute atomic E-state index is 5.44. The largest absolute Gasteiger partial charge is 0.493 e. The van der Waals surface area contributed by atoms with Crippen molar-refractivity contribution in [2.45, 2.75) is 32.9 Å². The van der Waals surface area contributed by atoms with E-state index >= 15 is 0 Å². The van der Waals surface area contributed by atoms with Crippen LogP contribution in [0, 0.1) is 0 Å². The Labute approximate surface area is 214 Å². The first-order chi connectivity index (χ1) is 15.7. The standard InChI is InChI=1S/C25H36N4O3.HI/c1-5-26-25(28-17-19-15-22(30-2)24(32-4)23(16-19)31-3)27-12-8-13-29-14-11-20-9-6-7-10-21(20)18-29;/h6-7,9-10,15-16H,5,8,11-14,17-18H2,1-4H3,(H2,26,27,28);1H. The number of nitrogens with zero attached hydrogens (tertiary/aromatic N) is 2. The zero-order valence-corrected chi connectivity index (χ0v) is 22.5. The van der Waals surface area contributed by atoms with Gasteiger partial charge in [0.1, 0.15) is 0 Å². The number of benzene rings is 2. The molecule has 1 aliphatic rings. The van der Waals surface area contributed by atoms with E-state index in [-0.39, 0.29) is 24.0 Å². The molecule has 0 radical (unpaired) electrons. The van der Waals surface area contributed by atoms with Crippen molar-refractivity contribution in [1.82, 2.24) is 15.5 Å². The highest BCUT2D eigenvalue weighted by atomic mass is 127. The topological polar surface area (TPSA) is 67.4 Å². The number of nitrogens with one attached hydrogen (secondary N) is 2. The van der Waals surface area contributed by atoms with E-state index in [4.69, 9.17) is 19.2 Å². The smallest absolute Gasteiger partial charge is 0.203 e. The molecule has 8 heteroatoms. The number of halogens is 1. The van der Waals surface area contributed by atoms with E-state index in [1.807, 2.05) is 12.1 Å². The lowest BCUT2D eigenvalue weighted by molar-refractivity contribution is 0.251. The van der Waals surface area contributed by atoms with Gasteiger partial charge in [-0.3, -0.25) is 4.90 Å². The number of hydrogen-bond donors (Lipinski definition) is 2. The predicted octanol–water partition coefficient (Wildman–Crippen LogP) is 3.83. The minimum Gasteiger partial charge on any atom is -0.493 e. The highest BCUT2D eigenvalue weighted by Gasteiger charge is 2.15. The monoisotopic (exact) mass is 568 g/mol. The van der Waals surface area contributed by atoms with Gasteiger partial charge < -0.3 is 24.8 Å². The lowest BCUT2D eigenvalue weighted by Gasteiger charge is -2.28. The number of aliphatic imine (C=N–C) groups is 1. The second-order valence-corrected chi connectivity index (χ2v) is 7.80. The van der Waals surface area contributed by atoms with Crippen molar-refractivity contribution in [3.05, 3.63) is 53.1 Å². The summed E-state index contributed by atoms with van der Waals surface area (Å²) in [5, 5.41) is 6.78. The first-order valence-electron chi connectivity index (χ1n) is 11.3. The van der Waals surface area contributed by atoms with E-state index in [2.05, 4.69) is 46.7 Å². The van der Waals surface area contributed by atoms with Crippen LogP contribution in [-0.4, -0.2) is 58.4 Å². The Hall–Kier alpha value is -2.20. The Morgan fingerprint density at radius 1 is 1.00 bits per heavy atom. The molecule has 0 amide bonds. The van der Waals surface area contributed by atoms with Gasteiger partial charge in [0.05, 0.1) is 27.9 Å². The number of methoxy groups -OCH3 is 3. The quantitative estimate of drug-likeness (QED) is 0.197. The molecular formula is C25H37IN4O3. The number of guanidine groups is 1.